The number of nitrogens with zero attached hydrogens (tertiary/aromatic N) is 1. The Hall–Kier alpha value is -2.46. The van der Waals surface area contributed by atoms with E-state index in [0.29, 0.717) is 24.0 Å². The van der Waals surface area contributed by atoms with Crippen LogP contribution in [0.25, 0.3) is 0 Å². The number of halogens is 4. The van der Waals surface area contributed by atoms with Gasteiger partial charge in [-0.05, 0) is 48.2 Å². The minimum absolute atomic E-state index is 0.0359. The number of hydrogen-bond donors (Lipinski definition) is 1. The maximum absolute atomic E-state index is 13.0. The molecule has 0 radical (unpaired) electrons. The largest absolute Gasteiger partial charge is 0.416 e. The van der Waals surface area contributed by atoms with Crippen LogP contribution in [0.2, 0.25) is 0 Å². The minimum atomic E-state index is -4.45. The van der Waals surface area contributed by atoms with Crippen molar-refractivity contribution in [2.75, 3.05) is 13.1 Å². The van der Waals surface area contributed by atoms with Gasteiger partial charge in [-0.15, -0.1) is 0 Å². The molecule has 0 saturated carbocycles. The molecule has 0 unspecified atom stereocenters. The highest BCUT2D eigenvalue weighted by Crippen LogP contribution is 2.29. The molecule has 0 spiro atoms. The molecule has 0 aliphatic carbocycles. The molecule has 0 aromatic heterocycles. The topological polar surface area (TPSA) is 66.5 Å². The van der Waals surface area contributed by atoms with E-state index < -0.39 is 33.5 Å². The van der Waals surface area contributed by atoms with Crippen LogP contribution in [0.5, 0.6) is 0 Å². The molecule has 1 aliphatic heterocycles. The predicted molar refractivity (Wildman–Crippen MR) is 107 cm³/mol. The number of carbonyl (C=O) groups excluding carboxylic acids is 1. The van der Waals surface area contributed by atoms with Gasteiger partial charge >= 0.3 is 6.18 Å². The normalized spacial score (nSPS) is 16.3. The Morgan fingerprint density at radius 3 is 2.29 bits per heavy atom. The van der Waals surface area contributed by atoms with Gasteiger partial charge in [0.1, 0.15) is 5.82 Å². The average molecular weight is 458 g/mol. The van der Waals surface area contributed by atoms with Crippen LogP contribution in [0, 0.1) is 11.7 Å². The summed E-state index contributed by atoms with van der Waals surface area (Å²) in [7, 11) is -3.60. The summed E-state index contributed by atoms with van der Waals surface area (Å²) in [5, 5.41) is 2.64. The van der Waals surface area contributed by atoms with E-state index in [4.69, 9.17) is 0 Å². The molecule has 1 N–H and O–H groups in total. The molecule has 168 valence electrons. The molecule has 1 saturated heterocycles. The van der Waals surface area contributed by atoms with Crippen molar-refractivity contribution in [3.63, 3.8) is 0 Å². The Balaban J connectivity index is 1.51. The van der Waals surface area contributed by atoms with Gasteiger partial charge in [0.05, 0.1) is 11.3 Å². The van der Waals surface area contributed by atoms with Crippen molar-refractivity contribution in [2.45, 2.75) is 31.3 Å². The number of rotatable bonds is 6. The summed E-state index contributed by atoms with van der Waals surface area (Å²) in [6, 6.07) is 9.98. The number of carbonyl (C=O) groups is 1. The van der Waals surface area contributed by atoms with Gasteiger partial charge in [-0.1, -0.05) is 24.3 Å². The quantitative estimate of drug-likeness (QED) is 0.672. The Morgan fingerprint density at radius 1 is 1.03 bits per heavy atom. The zero-order valence-electron chi connectivity index (χ0n) is 16.5. The number of piperidine rings is 1. The third kappa shape index (κ3) is 6.27. The van der Waals surface area contributed by atoms with Crippen LogP contribution in [0.1, 0.15) is 29.5 Å². The van der Waals surface area contributed by atoms with Gasteiger partial charge in [-0.3, -0.25) is 4.79 Å². The summed E-state index contributed by atoms with van der Waals surface area (Å²) < 4.78 is 77.8. The minimum Gasteiger partial charge on any atom is -0.352 e. The maximum Gasteiger partial charge on any atom is 0.416 e. The fourth-order valence-corrected chi connectivity index (χ4v) is 5.03. The summed E-state index contributed by atoms with van der Waals surface area (Å²) in [6.45, 7) is 0.308. The van der Waals surface area contributed by atoms with Gasteiger partial charge < -0.3 is 5.32 Å². The Bertz CT molecular complexity index is 1020. The first-order chi connectivity index (χ1) is 14.5. The van der Waals surface area contributed by atoms with E-state index >= 15 is 0 Å². The third-order valence-electron chi connectivity index (χ3n) is 5.20. The highest BCUT2D eigenvalue weighted by atomic mass is 32.2. The summed E-state index contributed by atoms with van der Waals surface area (Å²) in [5.74, 6) is -1.42. The standard InChI is InChI=1S/C21H22F4N2O3S/c22-19-6-4-15(5-7-19)14-31(29,30)27-10-8-17(9-11-27)20(28)26-13-16-2-1-3-18(12-16)21(23,24)25/h1-7,12,17H,8-11,13-14H2,(H,26,28). The molecule has 0 bridgehead atoms. The number of nitrogens with one attached hydrogen (secondary N) is 1. The monoisotopic (exact) mass is 458 g/mol. The van der Waals surface area contributed by atoms with Gasteiger partial charge in [0, 0.05) is 25.6 Å². The zero-order chi connectivity index (χ0) is 22.6. The summed E-state index contributed by atoms with van der Waals surface area (Å²) in [5.41, 5.74) is 0.0313. The van der Waals surface area contributed by atoms with Crippen molar-refractivity contribution < 1.29 is 30.8 Å². The molecule has 10 heteroatoms. The molecule has 1 fully saturated rings. The predicted octanol–water partition coefficient (Wildman–Crippen LogP) is 3.70. The molecule has 5 nitrogen and oxygen atoms in total. The lowest BCUT2D eigenvalue weighted by atomic mass is 9.97. The van der Waals surface area contributed by atoms with E-state index in [1.807, 2.05) is 0 Å². The van der Waals surface area contributed by atoms with Crippen LogP contribution in [0.15, 0.2) is 48.5 Å². The molecule has 3 rings (SSSR count). The van der Waals surface area contributed by atoms with Gasteiger partial charge in [0.25, 0.3) is 0 Å². The Morgan fingerprint density at radius 2 is 1.68 bits per heavy atom. The first kappa shape index (κ1) is 23.2. The van der Waals surface area contributed by atoms with E-state index in [0.717, 1.165) is 12.1 Å². The lowest BCUT2D eigenvalue weighted by molar-refractivity contribution is -0.137. The van der Waals surface area contributed by atoms with Gasteiger partial charge in [0.15, 0.2) is 0 Å². The lowest BCUT2D eigenvalue weighted by Gasteiger charge is -2.30. The molecular weight excluding hydrogens is 436 g/mol. The Kier molecular flexibility index (Phi) is 7.00. The second-order valence-corrected chi connectivity index (χ2v) is 9.44. The van der Waals surface area contributed by atoms with Crippen LogP contribution >= 0.6 is 0 Å². The zero-order valence-corrected chi connectivity index (χ0v) is 17.3. The van der Waals surface area contributed by atoms with E-state index in [2.05, 4.69) is 5.32 Å². The summed E-state index contributed by atoms with van der Waals surface area (Å²) in [4.78, 5) is 12.4. The molecule has 2 aromatic rings. The molecular formula is C21H22F4N2O3S. The third-order valence-corrected chi connectivity index (χ3v) is 7.05. The molecule has 1 heterocycles. The van der Waals surface area contributed by atoms with Crippen LogP contribution < -0.4 is 5.32 Å². The van der Waals surface area contributed by atoms with Crippen LogP contribution in [-0.2, 0) is 33.3 Å². The van der Waals surface area contributed by atoms with Crippen molar-refractivity contribution >= 4 is 15.9 Å². The van der Waals surface area contributed by atoms with Crippen LogP contribution in [-0.4, -0.2) is 31.7 Å². The molecule has 1 aliphatic rings. The second kappa shape index (κ2) is 9.35. The fourth-order valence-electron chi connectivity index (χ4n) is 3.47. The maximum atomic E-state index is 13.0. The van der Waals surface area contributed by atoms with Crippen LogP contribution in [0.3, 0.4) is 0 Å². The average Bonchev–Trinajstić information content (AvgIpc) is 2.73. The molecule has 2 aromatic carbocycles. The van der Waals surface area contributed by atoms with Crippen molar-refractivity contribution in [2.24, 2.45) is 5.92 Å². The van der Waals surface area contributed by atoms with Crippen molar-refractivity contribution in [3.8, 4) is 0 Å². The summed E-state index contributed by atoms with van der Waals surface area (Å²) >= 11 is 0. The van der Waals surface area contributed by atoms with Crippen molar-refractivity contribution in [3.05, 3.63) is 71.0 Å². The van der Waals surface area contributed by atoms with Crippen LogP contribution in [0.4, 0.5) is 17.6 Å². The van der Waals surface area contributed by atoms with E-state index in [1.165, 1.54) is 40.7 Å². The summed E-state index contributed by atoms with van der Waals surface area (Å²) in [6.07, 6.45) is -3.82. The van der Waals surface area contributed by atoms with Gasteiger partial charge in [-0.25, -0.2) is 17.1 Å². The smallest absolute Gasteiger partial charge is 0.352 e. The number of alkyl halides is 3. The number of benzene rings is 2. The van der Waals surface area contributed by atoms with Crippen molar-refractivity contribution in [1.29, 1.82) is 0 Å². The van der Waals surface area contributed by atoms with E-state index in [1.54, 1.807) is 0 Å². The molecule has 31 heavy (non-hydrogen) atoms. The first-order valence-electron chi connectivity index (χ1n) is 9.71. The first-order valence-corrected chi connectivity index (χ1v) is 11.3. The Labute approximate surface area is 178 Å². The van der Waals surface area contributed by atoms with Gasteiger partial charge in [-0.2, -0.15) is 13.2 Å². The lowest BCUT2D eigenvalue weighted by Crippen LogP contribution is -2.43. The second-order valence-electron chi connectivity index (χ2n) is 7.47. The van der Waals surface area contributed by atoms with E-state index in [9.17, 15) is 30.8 Å². The van der Waals surface area contributed by atoms with Crippen molar-refractivity contribution in [1.82, 2.24) is 9.62 Å². The molecule has 1 amide bonds. The van der Waals surface area contributed by atoms with Gasteiger partial charge in [0.2, 0.25) is 15.9 Å². The number of sulfonamides is 1. The molecule has 0 atom stereocenters. The fraction of sp³-hybridized carbons (Fsp3) is 0.381. The number of amides is 1. The highest BCUT2D eigenvalue weighted by Gasteiger charge is 2.32. The number of hydrogen-bond acceptors (Lipinski definition) is 3. The SMILES string of the molecule is O=C(NCc1cccc(C(F)(F)F)c1)C1CCN(S(=O)(=O)Cc2ccc(F)cc2)CC1. The highest BCUT2D eigenvalue weighted by molar-refractivity contribution is 7.88. The van der Waals surface area contributed by atoms with E-state index in [-0.39, 0.29) is 31.3 Å².